The molecule has 19 heavy (non-hydrogen) atoms. The van der Waals surface area contributed by atoms with Crippen molar-refractivity contribution in [2.45, 2.75) is 18.5 Å². The van der Waals surface area contributed by atoms with Crippen LogP contribution in [-0.4, -0.2) is 39.8 Å². The molecule has 0 aliphatic rings. The number of rotatable bonds is 6. The minimum Gasteiger partial charge on any atom is -0.476 e. The zero-order chi connectivity index (χ0) is 14.3. The van der Waals surface area contributed by atoms with Crippen molar-refractivity contribution in [3.8, 4) is 0 Å². The fourth-order valence-corrected chi connectivity index (χ4v) is 1.65. The van der Waals surface area contributed by atoms with E-state index in [1.54, 1.807) is 18.4 Å². The molecule has 0 aliphatic heterocycles. The van der Waals surface area contributed by atoms with Gasteiger partial charge in [-0.3, -0.25) is 4.79 Å². The summed E-state index contributed by atoms with van der Waals surface area (Å²) in [5, 5.41) is 12.1. The van der Waals surface area contributed by atoms with E-state index in [1.807, 2.05) is 0 Å². The molecule has 1 aromatic heterocycles. The third-order valence-corrected chi connectivity index (χ3v) is 2.72. The number of nitrogens with zero attached hydrogens (tertiary/aromatic N) is 2. The van der Waals surface area contributed by atoms with E-state index in [0.29, 0.717) is 23.7 Å². The molecule has 0 spiro atoms. The highest BCUT2D eigenvalue weighted by Crippen LogP contribution is 2.13. The van der Waals surface area contributed by atoms with Crippen LogP contribution in [-0.2, 0) is 4.79 Å². The number of carbonyl (C=O) groups excluding carboxylic acids is 1. The van der Waals surface area contributed by atoms with Gasteiger partial charge in [0.05, 0.1) is 0 Å². The van der Waals surface area contributed by atoms with Gasteiger partial charge < -0.3 is 10.4 Å². The smallest absolute Gasteiger partial charge is 0.355 e. The molecule has 6 nitrogen and oxygen atoms in total. The predicted molar refractivity (Wildman–Crippen MR) is 73.1 cm³/mol. The van der Waals surface area contributed by atoms with Crippen molar-refractivity contribution in [3.05, 3.63) is 23.5 Å². The molecule has 0 aromatic carbocycles. The fraction of sp³-hybridized carbons (Fsp3) is 0.333. The summed E-state index contributed by atoms with van der Waals surface area (Å²) in [7, 11) is 0. The summed E-state index contributed by atoms with van der Waals surface area (Å²) >= 11 is 1.29. The number of carboxylic acid groups (broad SMARTS) is 1. The summed E-state index contributed by atoms with van der Waals surface area (Å²) < 4.78 is 0. The van der Waals surface area contributed by atoms with Crippen LogP contribution in [0.25, 0.3) is 6.08 Å². The first kappa shape index (κ1) is 15.2. The maximum atomic E-state index is 11.1. The number of hydrogen-bond acceptors (Lipinski definition) is 5. The number of carbonyl (C=O) groups is 2. The van der Waals surface area contributed by atoms with Crippen LogP contribution in [0, 0.1) is 0 Å². The third-order valence-electron chi connectivity index (χ3n) is 2.16. The Morgan fingerprint density at radius 2 is 2.26 bits per heavy atom. The normalized spacial score (nSPS) is 10.6. The molecule has 0 radical (unpaired) electrons. The van der Waals surface area contributed by atoms with Crippen LogP contribution in [0.4, 0.5) is 0 Å². The van der Waals surface area contributed by atoms with Crippen molar-refractivity contribution in [1.82, 2.24) is 15.3 Å². The van der Waals surface area contributed by atoms with Crippen molar-refractivity contribution >= 4 is 29.7 Å². The van der Waals surface area contributed by atoms with Gasteiger partial charge in [-0.1, -0.05) is 23.9 Å². The molecule has 0 saturated carbocycles. The van der Waals surface area contributed by atoms with Crippen molar-refractivity contribution in [1.29, 1.82) is 0 Å². The molecule has 1 heterocycles. The third kappa shape index (κ3) is 5.09. The summed E-state index contributed by atoms with van der Waals surface area (Å²) in [6, 6.07) is 0. The lowest BCUT2D eigenvalue weighted by Gasteiger charge is -2.02. The van der Waals surface area contributed by atoms with Crippen molar-refractivity contribution < 1.29 is 14.7 Å². The van der Waals surface area contributed by atoms with Crippen LogP contribution in [0.1, 0.15) is 29.4 Å². The van der Waals surface area contributed by atoms with Gasteiger partial charge in [0.15, 0.2) is 10.9 Å². The van der Waals surface area contributed by atoms with Crippen molar-refractivity contribution in [3.63, 3.8) is 0 Å². The average Bonchev–Trinajstić information content (AvgIpc) is 2.38. The van der Waals surface area contributed by atoms with Gasteiger partial charge in [-0.15, -0.1) is 0 Å². The molecule has 2 N–H and O–H groups in total. The largest absolute Gasteiger partial charge is 0.476 e. The van der Waals surface area contributed by atoms with Crippen LogP contribution >= 0.6 is 11.8 Å². The van der Waals surface area contributed by atoms with E-state index in [2.05, 4.69) is 15.3 Å². The first-order valence-corrected chi connectivity index (χ1v) is 6.82. The van der Waals surface area contributed by atoms with Crippen molar-refractivity contribution in [2.24, 2.45) is 0 Å². The van der Waals surface area contributed by atoms with E-state index in [4.69, 9.17) is 5.11 Å². The standard InChI is InChI=1S/C12H15N3O3S/c1-8(16)13-6-4-3-5-9-7-14-12(19-2)15-10(9)11(17)18/h3,5,7H,4,6H2,1-2H3,(H,13,16)(H,17,18). The minimum atomic E-state index is -1.08. The van der Waals surface area contributed by atoms with E-state index in [9.17, 15) is 9.59 Å². The molecule has 102 valence electrons. The highest BCUT2D eigenvalue weighted by molar-refractivity contribution is 7.98. The number of amides is 1. The first-order chi connectivity index (χ1) is 9.04. The Labute approximate surface area is 115 Å². The van der Waals surface area contributed by atoms with Gasteiger partial charge in [-0.05, 0) is 12.7 Å². The van der Waals surface area contributed by atoms with Gasteiger partial charge in [-0.2, -0.15) is 0 Å². The van der Waals surface area contributed by atoms with Crippen LogP contribution < -0.4 is 5.32 Å². The lowest BCUT2D eigenvalue weighted by atomic mass is 10.2. The van der Waals surface area contributed by atoms with E-state index >= 15 is 0 Å². The minimum absolute atomic E-state index is 0.0184. The summed E-state index contributed by atoms with van der Waals surface area (Å²) in [6.45, 7) is 1.96. The SMILES string of the molecule is CSc1ncc(C=CCCNC(C)=O)c(C(=O)O)n1. The molecule has 1 rings (SSSR count). The van der Waals surface area contributed by atoms with E-state index in [0.717, 1.165) is 0 Å². The highest BCUT2D eigenvalue weighted by atomic mass is 32.2. The van der Waals surface area contributed by atoms with Gasteiger partial charge in [0.25, 0.3) is 0 Å². The van der Waals surface area contributed by atoms with E-state index in [-0.39, 0.29) is 11.6 Å². The highest BCUT2D eigenvalue weighted by Gasteiger charge is 2.11. The predicted octanol–water partition coefficient (Wildman–Crippen LogP) is 1.44. The number of aromatic nitrogens is 2. The van der Waals surface area contributed by atoms with Gasteiger partial charge in [-0.25, -0.2) is 14.8 Å². The maximum absolute atomic E-state index is 11.1. The zero-order valence-corrected chi connectivity index (χ0v) is 11.5. The molecular formula is C12H15N3O3S. The Balaban J connectivity index is 2.74. The monoisotopic (exact) mass is 281 g/mol. The Morgan fingerprint density at radius 3 is 2.84 bits per heavy atom. The van der Waals surface area contributed by atoms with Gasteiger partial charge in [0.1, 0.15) is 0 Å². The van der Waals surface area contributed by atoms with Crippen LogP contribution in [0.3, 0.4) is 0 Å². The average molecular weight is 281 g/mol. The molecule has 0 fully saturated rings. The number of hydrogen-bond donors (Lipinski definition) is 2. The maximum Gasteiger partial charge on any atom is 0.355 e. The quantitative estimate of drug-likeness (QED) is 0.465. The fourth-order valence-electron chi connectivity index (χ4n) is 1.31. The molecule has 0 unspecified atom stereocenters. The topological polar surface area (TPSA) is 92.2 Å². The van der Waals surface area contributed by atoms with Crippen molar-refractivity contribution in [2.75, 3.05) is 12.8 Å². The number of aromatic carboxylic acids is 1. The zero-order valence-electron chi connectivity index (χ0n) is 10.7. The van der Waals surface area contributed by atoms with Crippen LogP contribution in [0.5, 0.6) is 0 Å². The summed E-state index contributed by atoms with van der Waals surface area (Å²) in [5.74, 6) is -1.17. The number of nitrogens with one attached hydrogen (secondary N) is 1. The molecule has 0 bridgehead atoms. The lowest BCUT2D eigenvalue weighted by molar-refractivity contribution is -0.118. The van der Waals surface area contributed by atoms with Crippen LogP contribution in [0.15, 0.2) is 17.4 Å². The summed E-state index contributed by atoms with van der Waals surface area (Å²) in [4.78, 5) is 29.7. The Bertz CT molecular complexity index is 503. The Kier molecular flexibility index (Phi) is 6.01. The summed E-state index contributed by atoms with van der Waals surface area (Å²) in [5.41, 5.74) is 0.434. The van der Waals surface area contributed by atoms with Gasteiger partial charge in [0.2, 0.25) is 5.91 Å². The second kappa shape index (κ2) is 7.52. The first-order valence-electron chi connectivity index (χ1n) is 5.60. The second-order valence-electron chi connectivity index (χ2n) is 3.64. The molecule has 0 saturated heterocycles. The van der Waals surface area contributed by atoms with Gasteiger partial charge in [0, 0.05) is 25.2 Å². The summed E-state index contributed by atoms with van der Waals surface area (Å²) in [6.07, 6.45) is 7.30. The molecule has 7 heteroatoms. The van der Waals surface area contributed by atoms with Crippen LogP contribution in [0.2, 0.25) is 0 Å². The Hall–Kier alpha value is -1.89. The van der Waals surface area contributed by atoms with E-state index < -0.39 is 5.97 Å². The molecular weight excluding hydrogens is 266 g/mol. The second-order valence-corrected chi connectivity index (χ2v) is 4.41. The Morgan fingerprint density at radius 1 is 1.53 bits per heavy atom. The van der Waals surface area contributed by atoms with Gasteiger partial charge >= 0.3 is 5.97 Å². The lowest BCUT2D eigenvalue weighted by Crippen LogP contribution is -2.20. The molecule has 1 aromatic rings. The number of thioether (sulfide) groups is 1. The molecule has 0 aliphatic carbocycles. The number of carboxylic acids is 1. The molecule has 0 atom stereocenters. The van der Waals surface area contributed by atoms with E-state index in [1.165, 1.54) is 24.9 Å². The molecule has 1 amide bonds.